The molecule has 0 heterocycles. The smallest absolute Gasteiger partial charge is 0.255 e. The second kappa shape index (κ2) is 11.9. The second-order valence-electron chi connectivity index (χ2n) is 12.4. The molecule has 0 saturated carbocycles. The van der Waals surface area contributed by atoms with E-state index < -0.39 is 58.0 Å². The lowest BCUT2D eigenvalue weighted by molar-refractivity contribution is -0.148. The van der Waals surface area contributed by atoms with Gasteiger partial charge in [-0.15, -0.1) is 0 Å². The molecule has 12 nitrogen and oxygen atoms in total. The molecule has 45 heavy (non-hydrogen) atoms. The summed E-state index contributed by atoms with van der Waals surface area (Å²) in [4.78, 5) is 55.8. The molecule has 1 unspecified atom stereocenters. The van der Waals surface area contributed by atoms with E-state index in [1.165, 1.54) is 11.0 Å². The van der Waals surface area contributed by atoms with E-state index >= 15 is 0 Å². The number of nitrogens with zero attached hydrogens (tertiary/aromatic N) is 2. The predicted molar refractivity (Wildman–Crippen MR) is 165 cm³/mol. The second-order valence-corrected chi connectivity index (χ2v) is 12.4. The normalized spacial score (nSPS) is 24.6. The molecule has 0 radical (unpaired) electrons. The molecule has 3 aliphatic rings. The van der Waals surface area contributed by atoms with Crippen LogP contribution in [0.2, 0.25) is 0 Å². The summed E-state index contributed by atoms with van der Waals surface area (Å²) in [6.07, 6.45) is 0.157. The molecule has 12 heteroatoms. The maximum atomic E-state index is 14.0. The molecule has 0 aromatic heterocycles. The van der Waals surface area contributed by atoms with Gasteiger partial charge in [-0.3, -0.25) is 24.1 Å². The first-order valence-corrected chi connectivity index (χ1v) is 14.7. The zero-order chi connectivity index (χ0) is 33.0. The van der Waals surface area contributed by atoms with Crippen LogP contribution in [-0.2, 0) is 16.0 Å². The fraction of sp³-hybridized carbons (Fsp3) is 0.394. The third-order valence-corrected chi connectivity index (χ3v) is 9.15. The maximum absolute atomic E-state index is 14.0. The van der Waals surface area contributed by atoms with Gasteiger partial charge >= 0.3 is 0 Å². The summed E-state index contributed by atoms with van der Waals surface area (Å²) in [5, 5.41) is 48.1. The molecule has 0 fully saturated rings. The van der Waals surface area contributed by atoms with Crippen LogP contribution in [0.4, 0.5) is 0 Å². The molecule has 2 aromatic rings. The molecule has 5 rings (SSSR count). The highest BCUT2D eigenvalue weighted by Crippen LogP contribution is 2.53. The number of carbonyl (C=O) groups excluding carboxylic acids is 4. The van der Waals surface area contributed by atoms with E-state index in [9.17, 15) is 39.6 Å². The minimum atomic E-state index is -2.69. The van der Waals surface area contributed by atoms with Gasteiger partial charge in [0.2, 0.25) is 5.78 Å². The minimum Gasteiger partial charge on any atom is -0.510 e. The molecule has 0 spiro atoms. The number of carbonyl (C=O) groups is 4. The number of fused-ring (bicyclic) bond motifs is 3. The van der Waals surface area contributed by atoms with E-state index in [1.807, 2.05) is 19.0 Å². The zero-order valence-electron chi connectivity index (χ0n) is 25.6. The molecule has 0 bridgehead atoms. The number of nitrogens with one attached hydrogen (secondary N) is 1. The van der Waals surface area contributed by atoms with E-state index in [4.69, 9.17) is 5.73 Å². The van der Waals surface area contributed by atoms with Crippen molar-refractivity contribution in [3.8, 4) is 16.9 Å². The topological polar surface area (TPSA) is 194 Å². The number of aliphatic hydroxyl groups excluding tert-OH is 2. The molecule has 3 aliphatic carbocycles. The van der Waals surface area contributed by atoms with Crippen molar-refractivity contribution in [3.63, 3.8) is 0 Å². The van der Waals surface area contributed by atoms with Gasteiger partial charge in [-0.2, -0.15) is 0 Å². The van der Waals surface area contributed by atoms with Gasteiger partial charge in [0.15, 0.2) is 17.2 Å². The molecular formula is C33H38N4O8. The van der Waals surface area contributed by atoms with Crippen LogP contribution in [0.5, 0.6) is 5.75 Å². The Bertz CT molecular complexity index is 1660. The molecule has 0 saturated heterocycles. The largest absolute Gasteiger partial charge is 0.510 e. The van der Waals surface area contributed by atoms with E-state index in [0.29, 0.717) is 28.8 Å². The predicted octanol–water partition coefficient (Wildman–Crippen LogP) is 1.12. The van der Waals surface area contributed by atoms with Crippen LogP contribution in [0.25, 0.3) is 11.1 Å². The monoisotopic (exact) mass is 618 g/mol. The van der Waals surface area contributed by atoms with Crippen LogP contribution in [0.15, 0.2) is 59.1 Å². The molecular weight excluding hydrogens is 580 g/mol. The van der Waals surface area contributed by atoms with Crippen LogP contribution in [0, 0.1) is 11.8 Å². The van der Waals surface area contributed by atoms with Gasteiger partial charge in [-0.25, -0.2) is 0 Å². The van der Waals surface area contributed by atoms with Crippen LogP contribution in [-0.4, -0.2) is 113 Å². The Morgan fingerprint density at radius 1 is 1.02 bits per heavy atom. The number of primary amides is 1. The average molecular weight is 619 g/mol. The Labute approximate surface area is 260 Å². The third-order valence-electron chi connectivity index (χ3n) is 9.15. The Morgan fingerprint density at radius 3 is 2.29 bits per heavy atom. The number of allylic oxidation sites excluding steroid dienone is 1. The van der Waals surface area contributed by atoms with Crippen LogP contribution >= 0.6 is 0 Å². The van der Waals surface area contributed by atoms with Gasteiger partial charge in [0.05, 0.1) is 18.2 Å². The number of hydrogen-bond donors (Lipinski definition) is 6. The Hall–Kier alpha value is -4.36. The van der Waals surface area contributed by atoms with E-state index in [0.717, 1.165) is 6.54 Å². The minimum absolute atomic E-state index is 0.00484. The number of amides is 1. The molecule has 7 N–H and O–H groups in total. The first kappa shape index (κ1) is 32.0. The molecule has 4 atom stereocenters. The number of hydrogen-bond acceptors (Lipinski definition) is 11. The van der Waals surface area contributed by atoms with Gasteiger partial charge in [0.25, 0.3) is 5.91 Å². The van der Waals surface area contributed by atoms with Crippen molar-refractivity contribution < 1.29 is 39.6 Å². The fourth-order valence-electron chi connectivity index (χ4n) is 6.96. The number of phenols is 1. The number of benzene rings is 2. The van der Waals surface area contributed by atoms with Gasteiger partial charge in [0, 0.05) is 30.1 Å². The first-order valence-electron chi connectivity index (χ1n) is 14.7. The van der Waals surface area contributed by atoms with Gasteiger partial charge in [0.1, 0.15) is 22.8 Å². The summed E-state index contributed by atoms with van der Waals surface area (Å²) in [5.74, 6) is -7.04. The number of nitrogens with two attached hydrogens (primary N) is 1. The summed E-state index contributed by atoms with van der Waals surface area (Å²) >= 11 is 0. The summed E-state index contributed by atoms with van der Waals surface area (Å²) in [6, 6.07) is 8.90. The Kier molecular flexibility index (Phi) is 8.45. The van der Waals surface area contributed by atoms with Crippen molar-refractivity contribution in [2.75, 3.05) is 47.8 Å². The molecule has 238 valence electrons. The highest BCUT2D eigenvalue weighted by Gasteiger charge is 2.63. The van der Waals surface area contributed by atoms with Crippen LogP contribution < -0.4 is 11.1 Å². The lowest BCUT2D eigenvalue weighted by atomic mass is 9.58. The van der Waals surface area contributed by atoms with Crippen molar-refractivity contribution >= 4 is 23.3 Å². The van der Waals surface area contributed by atoms with Crippen molar-refractivity contribution in [3.05, 3.63) is 75.8 Å². The third kappa shape index (κ3) is 5.23. The molecule has 0 aliphatic heterocycles. The standard InChI is InChI=1S/C33H38N4O8/c1-36(2)12-11-35-15-23(39)17-7-5-16(6-8-17)19-9-10-22(38)25-20(19)13-18-14-21-27(37(3)4)29(41)26(32(34)44)31(43)33(21,45)30(42)24(18)28(25)40/h5-10,18,21,27,35,38,41-42,45H,11-15H2,1-4H3,(H2,34,44)/t18-,21-,27?,33-/m0/s1. The zero-order valence-corrected chi connectivity index (χ0v) is 25.6. The summed E-state index contributed by atoms with van der Waals surface area (Å²) in [6.45, 7) is 1.65. The number of aromatic hydroxyl groups is 1. The Balaban J connectivity index is 1.53. The fourth-order valence-corrected chi connectivity index (χ4v) is 6.96. The molecule has 1 amide bonds. The van der Waals surface area contributed by atoms with E-state index in [2.05, 4.69) is 5.32 Å². The number of rotatable bonds is 9. The van der Waals surface area contributed by atoms with E-state index in [-0.39, 0.29) is 42.1 Å². The van der Waals surface area contributed by atoms with Crippen molar-refractivity contribution in [2.45, 2.75) is 24.5 Å². The highest BCUT2D eigenvalue weighted by atomic mass is 16.3. The summed E-state index contributed by atoms with van der Waals surface area (Å²) in [7, 11) is 7.06. The highest BCUT2D eigenvalue weighted by molar-refractivity contribution is 6.25. The van der Waals surface area contributed by atoms with Crippen LogP contribution in [0.3, 0.4) is 0 Å². The maximum Gasteiger partial charge on any atom is 0.255 e. The van der Waals surface area contributed by atoms with Crippen LogP contribution in [0.1, 0.15) is 32.7 Å². The quantitative estimate of drug-likeness (QED) is 0.134. The Morgan fingerprint density at radius 2 is 1.69 bits per heavy atom. The van der Waals surface area contributed by atoms with Crippen molar-refractivity contribution in [1.29, 1.82) is 0 Å². The first-order chi connectivity index (χ1) is 21.2. The van der Waals surface area contributed by atoms with E-state index in [1.54, 1.807) is 44.4 Å². The number of aliphatic hydroxyl groups is 3. The molecule has 2 aromatic carbocycles. The van der Waals surface area contributed by atoms with Crippen molar-refractivity contribution in [1.82, 2.24) is 15.1 Å². The van der Waals surface area contributed by atoms with Gasteiger partial charge in [-0.1, -0.05) is 30.3 Å². The summed E-state index contributed by atoms with van der Waals surface area (Å²) in [5.41, 5.74) is 3.92. The number of likely N-dealkylation sites (N-methyl/N-ethyl adjacent to an activating group) is 2. The summed E-state index contributed by atoms with van der Waals surface area (Å²) < 4.78 is 0. The van der Waals surface area contributed by atoms with Gasteiger partial charge < -0.3 is 36.4 Å². The lowest BCUT2D eigenvalue weighted by Crippen LogP contribution is -2.63. The van der Waals surface area contributed by atoms with Gasteiger partial charge in [-0.05, 0) is 69.7 Å². The number of Topliss-reactive ketones (excluding diaryl/α,β-unsaturated/α-hetero) is 3. The SMILES string of the molecule is CN(C)CCNCC(=O)c1ccc(-c2ccc(O)c3c2C[C@H]2C[C@H]4C(N(C)C)C(O)=C(C(N)=O)C(=O)[C@@]4(O)C(O)=C2C3=O)cc1. The number of phenolic OH excluding ortho intramolecular Hbond substituents is 1. The van der Waals surface area contributed by atoms with Crippen molar-refractivity contribution in [2.24, 2.45) is 17.6 Å². The number of ketones is 3. The average Bonchev–Trinajstić information content (AvgIpc) is 2.97. The lowest BCUT2D eigenvalue weighted by Gasteiger charge is -2.50.